The van der Waals surface area contributed by atoms with Crippen molar-refractivity contribution in [2.24, 2.45) is 0 Å². The molecule has 1 amide bonds. The van der Waals surface area contributed by atoms with Crippen LogP contribution in [0.3, 0.4) is 0 Å². The number of carbonyl (C=O) groups excluding carboxylic acids is 1. The summed E-state index contributed by atoms with van der Waals surface area (Å²) < 4.78 is 29.9. The van der Waals surface area contributed by atoms with Gasteiger partial charge in [-0.3, -0.25) is 0 Å². The van der Waals surface area contributed by atoms with Gasteiger partial charge in [0.15, 0.2) is 0 Å². The molecular weight excluding hydrogens is 435 g/mol. The van der Waals surface area contributed by atoms with E-state index in [0.29, 0.717) is 19.0 Å². The van der Waals surface area contributed by atoms with Gasteiger partial charge in [0, 0.05) is 37.6 Å². The number of pyridine rings is 1. The fraction of sp³-hybridized carbons (Fsp3) is 0.760. The summed E-state index contributed by atoms with van der Waals surface area (Å²) in [6.45, 7) is 15.2. The van der Waals surface area contributed by atoms with E-state index in [1.165, 1.54) is 0 Å². The standard InChI is InChI=1S/C25H39BN2O6/c1-23(2,3)32-22(29)28-12-10-18(11-13-28)30-19-14-20(15-19)31-21-9-8-17(16-27-21)26-33-24(4,5)25(6,7)34-26/h8-9,16,18-20H,10-15H2,1-7H3/t19-,20-. The molecule has 188 valence electrons. The predicted octanol–water partition coefficient (Wildman–Crippen LogP) is 3.71. The summed E-state index contributed by atoms with van der Waals surface area (Å²) in [5, 5.41) is 0. The number of likely N-dealkylation sites (tertiary alicyclic amines) is 1. The Hall–Kier alpha value is -1.84. The second-order valence-corrected chi connectivity index (χ2v) is 11.7. The number of aromatic nitrogens is 1. The second kappa shape index (κ2) is 9.32. The van der Waals surface area contributed by atoms with E-state index in [0.717, 1.165) is 31.1 Å². The Kier molecular flexibility index (Phi) is 6.92. The predicted molar refractivity (Wildman–Crippen MR) is 129 cm³/mol. The van der Waals surface area contributed by atoms with Crippen molar-refractivity contribution in [3.8, 4) is 5.88 Å². The number of ether oxygens (including phenoxy) is 3. The molecule has 1 aromatic heterocycles. The van der Waals surface area contributed by atoms with E-state index >= 15 is 0 Å². The van der Waals surface area contributed by atoms with Crippen LogP contribution in [0.2, 0.25) is 0 Å². The number of amides is 1. The maximum absolute atomic E-state index is 12.2. The molecule has 3 heterocycles. The van der Waals surface area contributed by atoms with Crippen LogP contribution in [0.25, 0.3) is 0 Å². The van der Waals surface area contributed by atoms with Crippen LogP contribution in [-0.4, -0.2) is 71.3 Å². The van der Waals surface area contributed by atoms with Crippen LogP contribution in [0.1, 0.15) is 74.1 Å². The lowest BCUT2D eigenvalue weighted by Crippen LogP contribution is -2.46. The molecule has 0 N–H and O–H groups in total. The topological polar surface area (TPSA) is 79.4 Å². The Balaban J connectivity index is 1.16. The molecule has 1 aliphatic carbocycles. The Labute approximate surface area is 203 Å². The number of rotatable bonds is 5. The highest BCUT2D eigenvalue weighted by atomic mass is 16.7. The first kappa shape index (κ1) is 25.3. The molecule has 0 aromatic carbocycles. The normalized spacial score (nSPS) is 26.8. The number of hydrogen-bond acceptors (Lipinski definition) is 7. The molecule has 34 heavy (non-hydrogen) atoms. The summed E-state index contributed by atoms with van der Waals surface area (Å²) in [4.78, 5) is 18.4. The Bertz CT molecular complexity index is 839. The highest BCUT2D eigenvalue weighted by Crippen LogP contribution is 2.36. The molecule has 0 spiro atoms. The van der Waals surface area contributed by atoms with Crippen LogP contribution in [0.15, 0.2) is 18.3 Å². The molecule has 3 aliphatic rings. The monoisotopic (exact) mass is 474 g/mol. The van der Waals surface area contributed by atoms with Gasteiger partial charge in [0.1, 0.15) is 11.7 Å². The minimum absolute atomic E-state index is 0.113. The molecule has 4 rings (SSSR count). The minimum Gasteiger partial charge on any atom is -0.474 e. The van der Waals surface area contributed by atoms with E-state index in [-0.39, 0.29) is 35.6 Å². The summed E-state index contributed by atoms with van der Waals surface area (Å²) in [6, 6.07) is 3.83. The third kappa shape index (κ3) is 5.86. The molecule has 8 nitrogen and oxygen atoms in total. The number of carbonyl (C=O) groups is 1. The van der Waals surface area contributed by atoms with E-state index in [1.807, 2.05) is 60.6 Å². The fourth-order valence-electron chi connectivity index (χ4n) is 4.25. The van der Waals surface area contributed by atoms with Gasteiger partial charge in [-0.05, 0) is 67.4 Å². The van der Waals surface area contributed by atoms with Crippen molar-refractivity contribution >= 4 is 18.7 Å². The van der Waals surface area contributed by atoms with Crippen LogP contribution in [0.5, 0.6) is 5.88 Å². The summed E-state index contributed by atoms with van der Waals surface area (Å²) in [5.74, 6) is 0.606. The van der Waals surface area contributed by atoms with Gasteiger partial charge in [0.2, 0.25) is 5.88 Å². The Morgan fingerprint density at radius 2 is 1.65 bits per heavy atom. The smallest absolute Gasteiger partial charge is 0.474 e. The van der Waals surface area contributed by atoms with Crippen LogP contribution in [0, 0.1) is 0 Å². The lowest BCUT2D eigenvalue weighted by atomic mass is 9.80. The molecule has 0 radical (unpaired) electrons. The quantitative estimate of drug-likeness (QED) is 0.602. The van der Waals surface area contributed by atoms with Crippen molar-refractivity contribution in [2.45, 2.75) is 109 Å². The first-order valence-electron chi connectivity index (χ1n) is 12.4. The highest BCUT2D eigenvalue weighted by Gasteiger charge is 2.51. The molecule has 3 fully saturated rings. The largest absolute Gasteiger partial charge is 0.496 e. The lowest BCUT2D eigenvalue weighted by Gasteiger charge is -2.39. The molecule has 0 atom stereocenters. The molecule has 1 saturated carbocycles. The average Bonchev–Trinajstić information content (AvgIpc) is 2.93. The third-order valence-corrected chi connectivity index (χ3v) is 7.10. The summed E-state index contributed by atoms with van der Waals surface area (Å²) >= 11 is 0. The third-order valence-electron chi connectivity index (χ3n) is 7.10. The van der Waals surface area contributed by atoms with Gasteiger partial charge in [0.05, 0.1) is 23.4 Å². The Morgan fingerprint density at radius 1 is 1.03 bits per heavy atom. The van der Waals surface area contributed by atoms with Crippen molar-refractivity contribution in [1.29, 1.82) is 0 Å². The molecular formula is C25H39BN2O6. The first-order valence-corrected chi connectivity index (χ1v) is 12.4. The molecule has 0 unspecified atom stereocenters. The molecule has 2 saturated heterocycles. The van der Waals surface area contributed by atoms with Crippen LogP contribution >= 0.6 is 0 Å². The summed E-state index contributed by atoms with van der Waals surface area (Å²) in [7, 11) is -0.422. The van der Waals surface area contributed by atoms with E-state index in [2.05, 4.69) is 4.98 Å². The first-order chi connectivity index (χ1) is 15.8. The van der Waals surface area contributed by atoms with Crippen molar-refractivity contribution in [2.75, 3.05) is 13.1 Å². The zero-order valence-corrected chi connectivity index (χ0v) is 21.6. The SMILES string of the molecule is CC(C)(C)OC(=O)N1CCC(O[C@H]2C[C@H](Oc3ccc(B4OC(C)(C)C(C)(C)O4)cn3)C2)CC1. The average molecular weight is 474 g/mol. The highest BCUT2D eigenvalue weighted by molar-refractivity contribution is 6.62. The van der Waals surface area contributed by atoms with E-state index in [1.54, 1.807) is 11.1 Å². The minimum atomic E-state index is -0.466. The van der Waals surface area contributed by atoms with Gasteiger partial charge in [0.25, 0.3) is 0 Å². The van der Waals surface area contributed by atoms with Gasteiger partial charge in [-0.15, -0.1) is 0 Å². The van der Waals surface area contributed by atoms with E-state index < -0.39 is 12.7 Å². The van der Waals surface area contributed by atoms with Crippen LogP contribution < -0.4 is 10.2 Å². The second-order valence-electron chi connectivity index (χ2n) is 11.7. The van der Waals surface area contributed by atoms with Gasteiger partial charge in [-0.25, -0.2) is 9.78 Å². The van der Waals surface area contributed by atoms with Crippen LogP contribution in [-0.2, 0) is 18.8 Å². The number of hydrogen-bond donors (Lipinski definition) is 0. The van der Waals surface area contributed by atoms with E-state index in [9.17, 15) is 4.79 Å². The number of piperidine rings is 1. The van der Waals surface area contributed by atoms with Crippen molar-refractivity contribution < 1.29 is 28.3 Å². The van der Waals surface area contributed by atoms with Gasteiger partial charge in [-0.2, -0.15) is 0 Å². The summed E-state index contributed by atoms with van der Waals surface area (Å²) in [5.41, 5.74) is -0.328. The van der Waals surface area contributed by atoms with Gasteiger partial charge < -0.3 is 28.4 Å². The zero-order chi connectivity index (χ0) is 24.7. The Morgan fingerprint density at radius 3 is 2.18 bits per heavy atom. The van der Waals surface area contributed by atoms with Crippen molar-refractivity contribution in [3.05, 3.63) is 18.3 Å². The molecule has 9 heteroatoms. The molecule has 2 aliphatic heterocycles. The maximum Gasteiger partial charge on any atom is 0.496 e. The van der Waals surface area contributed by atoms with E-state index in [4.69, 9.17) is 23.5 Å². The van der Waals surface area contributed by atoms with Gasteiger partial charge >= 0.3 is 13.2 Å². The molecule has 0 bridgehead atoms. The maximum atomic E-state index is 12.2. The van der Waals surface area contributed by atoms with Crippen molar-refractivity contribution in [3.63, 3.8) is 0 Å². The zero-order valence-electron chi connectivity index (χ0n) is 21.6. The summed E-state index contributed by atoms with van der Waals surface area (Å²) in [6.07, 6.45) is 5.41. The van der Waals surface area contributed by atoms with Crippen LogP contribution in [0.4, 0.5) is 4.79 Å². The molecule has 1 aromatic rings. The van der Waals surface area contributed by atoms with Crippen molar-refractivity contribution in [1.82, 2.24) is 9.88 Å². The number of nitrogens with zero attached hydrogens (tertiary/aromatic N) is 2. The van der Waals surface area contributed by atoms with Gasteiger partial charge in [-0.1, -0.05) is 6.07 Å². The fourth-order valence-corrected chi connectivity index (χ4v) is 4.25. The lowest BCUT2D eigenvalue weighted by molar-refractivity contribution is -0.110.